The Morgan fingerprint density at radius 3 is 2.57 bits per heavy atom. The zero-order chi connectivity index (χ0) is 21.3. The average molecular weight is 440 g/mol. The minimum Gasteiger partial charge on any atom is -0.318 e. The number of hydrogen-bond donors (Lipinski definition) is 2. The summed E-state index contributed by atoms with van der Waals surface area (Å²) in [6.07, 6.45) is 0. The molecule has 6 nitrogen and oxygen atoms in total. The highest BCUT2D eigenvalue weighted by Crippen LogP contribution is 2.24. The predicted molar refractivity (Wildman–Crippen MR) is 119 cm³/mol. The third-order valence-electron chi connectivity index (χ3n) is 4.86. The van der Waals surface area contributed by atoms with Crippen LogP contribution in [0.2, 0.25) is 10.0 Å². The number of carbonyl (C=O) groups excluding carboxylic acids is 1. The molecule has 0 aliphatic carbocycles. The molecule has 0 unspecified atom stereocenters. The maximum Gasteiger partial charge on any atom is 0.273 e. The van der Waals surface area contributed by atoms with Crippen LogP contribution in [0.3, 0.4) is 0 Å². The number of carbonyl (C=O) groups is 1. The molecule has 0 saturated carbocycles. The number of rotatable bonds is 5. The first-order valence-electron chi connectivity index (χ1n) is 9.32. The molecule has 4 rings (SSSR count). The summed E-state index contributed by atoms with van der Waals surface area (Å²) in [5.41, 5.74) is 5.11. The number of aromatic amines is 1. The van der Waals surface area contributed by atoms with Gasteiger partial charge in [-0.15, -0.1) is 0 Å². The largest absolute Gasteiger partial charge is 0.318 e. The number of hydrogen-bond acceptors (Lipinski definition) is 3. The fourth-order valence-electron chi connectivity index (χ4n) is 3.21. The van der Waals surface area contributed by atoms with Gasteiger partial charge in [-0.05, 0) is 43.7 Å². The second kappa shape index (κ2) is 8.34. The summed E-state index contributed by atoms with van der Waals surface area (Å²) in [7, 11) is 0. The van der Waals surface area contributed by atoms with E-state index in [0.29, 0.717) is 33.7 Å². The van der Waals surface area contributed by atoms with E-state index >= 15 is 0 Å². The van der Waals surface area contributed by atoms with Crippen LogP contribution in [0, 0.1) is 13.8 Å². The SMILES string of the molecule is Cc1nn(Cc2ccccc2Cl)c(C)c1NC(=O)c1cc(-c2ccc(Cl)cc2)n[nH]1. The molecule has 1 amide bonds. The Morgan fingerprint density at radius 1 is 1.10 bits per heavy atom. The molecule has 2 aromatic heterocycles. The first-order valence-corrected chi connectivity index (χ1v) is 10.1. The molecule has 152 valence electrons. The van der Waals surface area contributed by atoms with Gasteiger partial charge in [0.25, 0.3) is 5.91 Å². The van der Waals surface area contributed by atoms with Crippen molar-refractivity contribution in [1.29, 1.82) is 0 Å². The first-order chi connectivity index (χ1) is 14.4. The molecule has 0 spiro atoms. The zero-order valence-electron chi connectivity index (χ0n) is 16.4. The van der Waals surface area contributed by atoms with Crippen LogP contribution in [-0.4, -0.2) is 25.9 Å². The third-order valence-corrected chi connectivity index (χ3v) is 5.48. The fourth-order valence-corrected chi connectivity index (χ4v) is 3.53. The highest BCUT2D eigenvalue weighted by Gasteiger charge is 2.18. The van der Waals surface area contributed by atoms with Crippen LogP contribution in [0.4, 0.5) is 5.69 Å². The normalized spacial score (nSPS) is 10.9. The van der Waals surface area contributed by atoms with E-state index in [2.05, 4.69) is 20.6 Å². The Kier molecular flexibility index (Phi) is 5.61. The number of benzene rings is 2. The maximum atomic E-state index is 12.8. The number of H-pyrrole nitrogens is 1. The van der Waals surface area contributed by atoms with Gasteiger partial charge in [0.2, 0.25) is 0 Å². The monoisotopic (exact) mass is 439 g/mol. The van der Waals surface area contributed by atoms with E-state index in [1.54, 1.807) is 18.2 Å². The Balaban J connectivity index is 1.53. The lowest BCUT2D eigenvalue weighted by Gasteiger charge is -2.08. The van der Waals surface area contributed by atoms with Gasteiger partial charge in [-0.2, -0.15) is 10.2 Å². The highest BCUT2D eigenvalue weighted by atomic mass is 35.5. The molecule has 0 atom stereocenters. The van der Waals surface area contributed by atoms with Crippen LogP contribution in [0.5, 0.6) is 0 Å². The summed E-state index contributed by atoms with van der Waals surface area (Å²) in [5.74, 6) is -0.286. The van der Waals surface area contributed by atoms with Gasteiger partial charge in [-0.3, -0.25) is 14.6 Å². The van der Waals surface area contributed by atoms with Crippen LogP contribution in [0.25, 0.3) is 11.3 Å². The minimum absolute atomic E-state index is 0.286. The van der Waals surface area contributed by atoms with Gasteiger partial charge in [0, 0.05) is 15.6 Å². The summed E-state index contributed by atoms with van der Waals surface area (Å²) in [6.45, 7) is 4.29. The number of halogens is 2. The van der Waals surface area contributed by atoms with Gasteiger partial charge in [-0.1, -0.05) is 53.5 Å². The van der Waals surface area contributed by atoms with Gasteiger partial charge in [0.05, 0.1) is 29.3 Å². The topological polar surface area (TPSA) is 75.6 Å². The van der Waals surface area contributed by atoms with E-state index in [0.717, 1.165) is 22.5 Å². The van der Waals surface area contributed by atoms with Crippen LogP contribution >= 0.6 is 23.2 Å². The first kappa shape index (κ1) is 20.2. The summed E-state index contributed by atoms with van der Waals surface area (Å²) in [6, 6.07) is 16.6. The number of anilines is 1. The second-order valence-corrected chi connectivity index (χ2v) is 7.77. The second-order valence-electron chi connectivity index (χ2n) is 6.92. The lowest BCUT2D eigenvalue weighted by molar-refractivity contribution is 0.102. The van der Waals surface area contributed by atoms with Crippen molar-refractivity contribution in [3.63, 3.8) is 0 Å². The molecule has 0 saturated heterocycles. The Bertz CT molecular complexity index is 1210. The van der Waals surface area contributed by atoms with Crippen molar-refractivity contribution in [3.05, 3.63) is 87.3 Å². The smallest absolute Gasteiger partial charge is 0.273 e. The van der Waals surface area contributed by atoms with Crippen LogP contribution < -0.4 is 5.32 Å². The van der Waals surface area contributed by atoms with Crippen LogP contribution in [0.15, 0.2) is 54.6 Å². The third kappa shape index (κ3) is 4.10. The molecular formula is C22H19Cl2N5O. The molecule has 8 heteroatoms. The summed E-state index contributed by atoms with van der Waals surface area (Å²) >= 11 is 12.2. The van der Waals surface area contributed by atoms with Crippen molar-refractivity contribution in [2.24, 2.45) is 0 Å². The van der Waals surface area contributed by atoms with Gasteiger partial charge in [0.15, 0.2) is 0 Å². The average Bonchev–Trinajstić information content (AvgIpc) is 3.32. The molecule has 2 aromatic carbocycles. The standard InChI is InChI=1S/C22H19Cl2N5O/c1-13-21(14(2)29(28-13)12-16-5-3-4-6-18(16)24)25-22(30)20-11-19(26-27-20)15-7-9-17(23)10-8-15/h3-11H,12H2,1-2H3,(H,25,30)(H,26,27). The van der Waals surface area contributed by atoms with Gasteiger partial charge in [-0.25, -0.2) is 0 Å². The van der Waals surface area contributed by atoms with Crippen LogP contribution in [-0.2, 0) is 6.54 Å². The molecule has 30 heavy (non-hydrogen) atoms. The van der Waals surface area contributed by atoms with Crippen molar-refractivity contribution in [3.8, 4) is 11.3 Å². The van der Waals surface area contributed by atoms with E-state index in [1.165, 1.54) is 0 Å². The van der Waals surface area contributed by atoms with Crippen molar-refractivity contribution in [1.82, 2.24) is 20.0 Å². The van der Waals surface area contributed by atoms with Crippen molar-refractivity contribution in [2.45, 2.75) is 20.4 Å². The maximum absolute atomic E-state index is 12.8. The predicted octanol–water partition coefficient (Wildman–Crippen LogP) is 5.50. The lowest BCUT2D eigenvalue weighted by Crippen LogP contribution is -2.14. The van der Waals surface area contributed by atoms with Crippen molar-refractivity contribution >= 4 is 34.8 Å². The zero-order valence-corrected chi connectivity index (χ0v) is 17.9. The Hall–Kier alpha value is -3.09. The molecule has 2 N–H and O–H groups in total. The molecule has 0 radical (unpaired) electrons. The Labute approximate surface area is 183 Å². The van der Waals surface area contributed by atoms with E-state index in [-0.39, 0.29) is 5.91 Å². The van der Waals surface area contributed by atoms with E-state index in [1.807, 2.05) is 54.9 Å². The minimum atomic E-state index is -0.286. The molecule has 0 aliphatic heterocycles. The van der Waals surface area contributed by atoms with Gasteiger partial charge < -0.3 is 5.32 Å². The van der Waals surface area contributed by atoms with Crippen molar-refractivity contribution < 1.29 is 4.79 Å². The summed E-state index contributed by atoms with van der Waals surface area (Å²) in [5, 5.41) is 15.9. The number of aromatic nitrogens is 4. The molecule has 4 aromatic rings. The van der Waals surface area contributed by atoms with Gasteiger partial charge in [0.1, 0.15) is 5.69 Å². The fraction of sp³-hybridized carbons (Fsp3) is 0.136. The number of amides is 1. The van der Waals surface area contributed by atoms with E-state index in [9.17, 15) is 4.79 Å². The molecular weight excluding hydrogens is 421 g/mol. The summed E-state index contributed by atoms with van der Waals surface area (Å²) < 4.78 is 1.83. The number of nitrogens with zero attached hydrogens (tertiary/aromatic N) is 3. The summed E-state index contributed by atoms with van der Waals surface area (Å²) in [4.78, 5) is 12.8. The molecule has 0 bridgehead atoms. The number of nitrogens with one attached hydrogen (secondary N) is 2. The molecule has 0 fully saturated rings. The van der Waals surface area contributed by atoms with Crippen molar-refractivity contribution in [2.75, 3.05) is 5.32 Å². The van der Waals surface area contributed by atoms with E-state index in [4.69, 9.17) is 23.2 Å². The van der Waals surface area contributed by atoms with E-state index < -0.39 is 0 Å². The lowest BCUT2D eigenvalue weighted by atomic mass is 10.1. The molecule has 2 heterocycles. The molecule has 0 aliphatic rings. The Morgan fingerprint density at radius 2 is 1.83 bits per heavy atom. The van der Waals surface area contributed by atoms with Crippen LogP contribution in [0.1, 0.15) is 27.4 Å². The quantitative estimate of drug-likeness (QED) is 0.431. The van der Waals surface area contributed by atoms with Gasteiger partial charge >= 0.3 is 0 Å². The highest BCUT2D eigenvalue weighted by molar-refractivity contribution is 6.31. The number of aryl methyl sites for hydroxylation is 1.